The molecule has 0 heterocycles. The van der Waals surface area contributed by atoms with Crippen molar-refractivity contribution in [1.82, 2.24) is 0 Å². The minimum Gasteiger partial charge on any atom is -0.505 e. The van der Waals surface area contributed by atoms with Crippen molar-refractivity contribution in [2.24, 2.45) is 0 Å². The molecule has 19 heavy (non-hydrogen) atoms. The van der Waals surface area contributed by atoms with Gasteiger partial charge in [-0.2, -0.15) is 0 Å². The van der Waals surface area contributed by atoms with Gasteiger partial charge in [-0.15, -0.1) is 0 Å². The summed E-state index contributed by atoms with van der Waals surface area (Å²) in [5, 5.41) is 9.55. The molecule has 2 aromatic rings. The quantitative estimate of drug-likeness (QED) is 0.820. The number of nitrogens with one attached hydrogen (secondary N) is 1. The van der Waals surface area contributed by atoms with Gasteiger partial charge in [0.2, 0.25) is 0 Å². The molecule has 4 nitrogen and oxygen atoms in total. The minimum atomic E-state index is -3.67. The predicted molar refractivity (Wildman–Crippen MR) is 78.1 cm³/mol. The lowest BCUT2D eigenvalue weighted by atomic mass is 10.3. The first-order valence-electron chi connectivity index (χ1n) is 5.16. The monoisotopic (exact) mass is 361 g/mol. The number of phenolic OH excluding ortho intramolecular Hbond substituents is 1. The molecule has 0 aliphatic heterocycles. The Morgan fingerprint density at radius 2 is 1.79 bits per heavy atom. The van der Waals surface area contributed by atoms with Gasteiger partial charge in [0.1, 0.15) is 5.75 Å². The second-order valence-electron chi connectivity index (χ2n) is 3.71. The van der Waals surface area contributed by atoms with Gasteiger partial charge < -0.3 is 5.11 Å². The van der Waals surface area contributed by atoms with Crippen LogP contribution < -0.4 is 4.72 Å². The second kappa shape index (κ2) is 5.40. The van der Waals surface area contributed by atoms with E-state index in [2.05, 4.69) is 20.7 Å². The van der Waals surface area contributed by atoms with Crippen LogP contribution in [0.5, 0.6) is 5.75 Å². The molecule has 0 radical (unpaired) electrons. The minimum absolute atomic E-state index is 0.0557. The van der Waals surface area contributed by atoms with Crippen molar-refractivity contribution in [2.45, 2.75) is 4.90 Å². The molecule has 100 valence electrons. The van der Waals surface area contributed by atoms with Crippen molar-refractivity contribution < 1.29 is 13.5 Å². The molecule has 0 saturated carbocycles. The van der Waals surface area contributed by atoms with E-state index < -0.39 is 10.0 Å². The maximum atomic E-state index is 12.1. The third kappa shape index (κ3) is 3.20. The number of benzene rings is 2. The molecule has 0 bridgehead atoms. The maximum absolute atomic E-state index is 12.1. The van der Waals surface area contributed by atoms with Gasteiger partial charge in [0, 0.05) is 0 Å². The van der Waals surface area contributed by atoms with Crippen LogP contribution in [0.25, 0.3) is 0 Å². The summed E-state index contributed by atoms with van der Waals surface area (Å²) < 4.78 is 26.9. The van der Waals surface area contributed by atoms with Crippen molar-refractivity contribution in [1.29, 1.82) is 0 Å². The summed E-state index contributed by atoms with van der Waals surface area (Å²) in [6.45, 7) is 0. The van der Waals surface area contributed by atoms with E-state index in [1.807, 2.05) is 0 Å². The molecule has 0 aromatic heterocycles. The first-order valence-corrected chi connectivity index (χ1v) is 7.81. The van der Waals surface area contributed by atoms with Crippen molar-refractivity contribution in [2.75, 3.05) is 4.72 Å². The Labute approximate surface area is 124 Å². The summed E-state index contributed by atoms with van der Waals surface area (Å²) in [5.41, 5.74) is 0.263. The van der Waals surface area contributed by atoms with E-state index in [0.29, 0.717) is 4.47 Å². The van der Waals surface area contributed by atoms with Gasteiger partial charge in [-0.05, 0) is 40.2 Å². The van der Waals surface area contributed by atoms with E-state index in [1.165, 1.54) is 24.3 Å². The van der Waals surface area contributed by atoms with E-state index in [9.17, 15) is 13.5 Å². The first-order chi connectivity index (χ1) is 8.90. The Hall–Kier alpha value is -1.24. The molecular formula is C12H9BrClNO3S. The second-order valence-corrected chi connectivity index (χ2v) is 6.65. The largest absolute Gasteiger partial charge is 0.505 e. The highest BCUT2D eigenvalue weighted by Gasteiger charge is 2.15. The van der Waals surface area contributed by atoms with Crippen LogP contribution in [0, 0.1) is 0 Å². The van der Waals surface area contributed by atoms with Gasteiger partial charge in [-0.3, -0.25) is 4.72 Å². The van der Waals surface area contributed by atoms with Crippen molar-refractivity contribution in [3.63, 3.8) is 0 Å². The Balaban J connectivity index is 2.37. The molecular weight excluding hydrogens is 354 g/mol. The summed E-state index contributed by atoms with van der Waals surface area (Å²) in [6, 6.07) is 10.7. The number of aromatic hydroxyl groups is 1. The summed E-state index contributed by atoms with van der Waals surface area (Å²) in [4.78, 5) is 0.148. The fourth-order valence-corrected chi connectivity index (χ4v) is 3.29. The first kappa shape index (κ1) is 14.2. The van der Waals surface area contributed by atoms with Crippen LogP contribution in [0.1, 0.15) is 0 Å². The molecule has 2 rings (SSSR count). The zero-order valence-electron chi connectivity index (χ0n) is 9.47. The molecule has 2 aromatic carbocycles. The van der Waals surface area contributed by atoms with Crippen LogP contribution in [0.2, 0.25) is 5.02 Å². The summed E-state index contributed by atoms with van der Waals surface area (Å²) >= 11 is 8.87. The number of rotatable bonds is 3. The SMILES string of the molecule is O=S(=O)(Nc1cc(Cl)c(O)c(Br)c1)c1ccccc1. The van der Waals surface area contributed by atoms with E-state index >= 15 is 0 Å². The lowest BCUT2D eigenvalue weighted by Crippen LogP contribution is -2.12. The third-order valence-corrected chi connectivity index (χ3v) is 4.61. The maximum Gasteiger partial charge on any atom is 0.261 e. The molecule has 0 amide bonds. The van der Waals surface area contributed by atoms with Crippen molar-refractivity contribution in [3.05, 3.63) is 52.0 Å². The highest BCUT2D eigenvalue weighted by Crippen LogP contribution is 2.35. The summed E-state index contributed by atoms with van der Waals surface area (Å²) in [6.07, 6.45) is 0. The highest BCUT2D eigenvalue weighted by molar-refractivity contribution is 9.10. The molecule has 0 unspecified atom stereocenters. The Morgan fingerprint density at radius 1 is 1.16 bits per heavy atom. The molecule has 0 spiro atoms. The lowest BCUT2D eigenvalue weighted by molar-refractivity contribution is 0.472. The topological polar surface area (TPSA) is 66.4 Å². The molecule has 0 aliphatic rings. The van der Waals surface area contributed by atoms with Gasteiger partial charge in [0.25, 0.3) is 10.0 Å². The molecule has 0 saturated heterocycles. The van der Waals surface area contributed by atoms with Gasteiger partial charge in [-0.25, -0.2) is 8.42 Å². The van der Waals surface area contributed by atoms with Crippen molar-refractivity contribution in [3.8, 4) is 5.75 Å². The van der Waals surface area contributed by atoms with Crippen LogP contribution in [-0.4, -0.2) is 13.5 Å². The van der Waals surface area contributed by atoms with E-state index in [0.717, 1.165) is 0 Å². The van der Waals surface area contributed by atoms with E-state index in [4.69, 9.17) is 11.6 Å². The average molecular weight is 363 g/mol. The van der Waals surface area contributed by atoms with Crippen LogP contribution in [0.15, 0.2) is 51.8 Å². The van der Waals surface area contributed by atoms with E-state index in [1.54, 1.807) is 18.2 Å². The Morgan fingerprint density at radius 3 is 2.37 bits per heavy atom. The summed E-state index contributed by atoms with van der Waals surface area (Å²) in [7, 11) is -3.67. The zero-order chi connectivity index (χ0) is 14.0. The highest BCUT2D eigenvalue weighted by atomic mass is 79.9. The number of hydrogen-bond acceptors (Lipinski definition) is 3. The van der Waals surface area contributed by atoms with Crippen LogP contribution in [0.4, 0.5) is 5.69 Å². The average Bonchev–Trinajstić information content (AvgIpc) is 2.36. The Kier molecular flexibility index (Phi) is 4.03. The number of anilines is 1. The molecule has 0 fully saturated rings. The summed E-state index contributed by atoms with van der Waals surface area (Å²) in [5.74, 6) is -0.135. The van der Waals surface area contributed by atoms with E-state index in [-0.39, 0.29) is 21.4 Å². The van der Waals surface area contributed by atoms with Crippen molar-refractivity contribution >= 4 is 43.2 Å². The smallest absolute Gasteiger partial charge is 0.261 e. The normalized spacial score (nSPS) is 11.3. The molecule has 7 heteroatoms. The van der Waals surface area contributed by atoms with Gasteiger partial charge in [-0.1, -0.05) is 29.8 Å². The molecule has 2 N–H and O–H groups in total. The lowest BCUT2D eigenvalue weighted by Gasteiger charge is -2.09. The van der Waals surface area contributed by atoms with Gasteiger partial charge in [0.05, 0.1) is 20.1 Å². The van der Waals surface area contributed by atoms with Crippen LogP contribution in [-0.2, 0) is 10.0 Å². The number of phenols is 1. The van der Waals surface area contributed by atoms with Crippen LogP contribution >= 0.6 is 27.5 Å². The number of sulfonamides is 1. The molecule has 0 aliphatic carbocycles. The third-order valence-electron chi connectivity index (χ3n) is 2.32. The van der Waals surface area contributed by atoms with Crippen LogP contribution in [0.3, 0.4) is 0 Å². The number of halogens is 2. The van der Waals surface area contributed by atoms with Gasteiger partial charge >= 0.3 is 0 Å². The fraction of sp³-hybridized carbons (Fsp3) is 0. The number of hydrogen-bond donors (Lipinski definition) is 2. The standard InChI is InChI=1S/C12H9BrClNO3S/c13-10-6-8(7-11(14)12(10)16)15-19(17,18)9-4-2-1-3-5-9/h1-7,15-16H. The fourth-order valence-electron chi connectivity index (χ4n) is 1.44. The predicted octanol–water partition coefficient (Wildman–Crippen LogP) is 3.61. The zero-order valence-corrected chi connectivity index (χ0v) is 12.6. The van der Waals surface area contributed by atoms with Gasteiger partial charge in [0.15, 0.2) is 0 Å². The Bertz CT molecular complexity index is 681. The molecule has 0 atom stereocenters.